The molecule has 0 saturated carbocycles. The van der Waals surface area contributed by atoms with Crippen LogP contribution >= 0.6 is 0 Å². The van der Waals surface area contributed by atoms with Crippen molar-refractivity contribution in [1.82, 2.24) is 5.43 Å². The van der Waals surface area contributed by atoms with Gasteiger partial charge in [-0.2, -0.15) is 0 Å². The summed E-state index contributed by atoms with van der Waals surface area (Å²) in [6.07, 6.45) is 2.40. The molecule has 1 amide bonds. The highest BCUT2D eigenvalue weighted by Gasteiger charge is 2.19. The highest BCUT2D eigenvalue weighted by molar-refractivity contribution is 5.94. The van der Waals surface area contributed by atoms with Gasteiger partial charge in [0.2, 0.25) is 0 Å². The zero-order valence-electron chi connectivity index (χ0n) is 8.77. The fourth-order valence-electron chi connectivity index (χ4n) is 1.57. The molecule has 88 valence electrons. The van der Waals surface area contributed by atoms with E-state index in [1.807, 2.05) is 0 Å². The Balaban J connectivity index is 1.93. The van der Waals surface area contributed by atoms with Gasteiger partial charge in [-0.3, -0.25) is 10.2 Å². The SMILES string of the molecule is NNC(=O)c1ccoc1COC1CCOC1. The summed E-state index contributed by atoms with van der Waals surface area (Å²) in [6, 6.07) is 1.56. The molecule has 6 heteroatoms. The molecule has 1 aliphatic heterocycles. The van der Waals surface area contributed by atoms with E-state index in [0.717, 1.165) is 13.0 Å². The molecule has 0 aliphatic carbocycles. The van der Waals surface area contributed by atoms with Crippen LogP contribution in [0, 0.1) is 0 Å². The van der Waals surface area contributed by atoms with E-state index in [2.05, 4.69) is 5.43 Å². The van der Waals surface area contributed by atoms with E-state index in [9.17, 15) is 4.79 Å². The molecular formula is C10H14N2O4. The molecule has 1 aliphatic rings. The van der Waals surface area contributed by atoms with Crippen LogP contribution in [-0.4, -0.2) is 25.2 Å². The number of nitrogens with one attached hydrogen (secondary N) is 1. The van der Waals surface area contributed by atoms with Crippen molar-refractivity contribution < 1.29 is 18.7 Å². The van der Waals surface area contributed by atoms with E-state index < -0.39 is 0 Å². The number of carbonyl (C=O) groups excluding carboxylic acids is 1. The van der Waals surface area contributed by atoms with Gasteiger partial charge in [0.1, 0.15) is 12.4 Å². The molecule has 0 aromatic carbocycles. The van der Waals surface area contributed by atoms with Crippen molar-refractivity contribution in [3.05, 3.63) is 23.7 Å². The Morgan fingerprint density at radius 2 is 2.56 bits per heavy atom. The van der Waals surface area contributed by atoms with Crippen molar-refractivity contribution in [2.75, 3.05) is 13.2 Å². The zero-order valence-corrected chi connectivity index (χ0v) is 8.77. The fourth-order valence-corrected chi connectivity index (χ4v) is 1.57. The highest BCUT2D eigenvalue weighted by atomic mass is 16.5. The summed E-state index contributed by atoms with van der Waals surface area (Å²) >= 11 is 0. The Kier molecular flexibility index (Phi) is 3.55. The van der Waals surface area contributed by atoms with Crippen molar-refractivity contribution in [3.8, 4) is 0 Å². The lowest BCUT2D eigenvalue weighted by molar-refractivity contribution is 0.0230. The molecule has 0 radical (unpaired) electrons. The van der Waals surface area contributed by atoms with E-state index >= 15 is 0 Å². The minimum atomic E-state index is -0.380. The summed E-state index contributed by atoms with van der Waals surface area (Å²) in [6.45, 7) is 1.57. The molecule has 1 saturated heterocycles. The van der Waals surface area contributed by atoms with Crippen molar-refractivity contribution >= 4 is 5.91 Å². The molecular weight excluding hydrogens is 212 g/mol. The van der Waals surface area contributed by atoms with Gasteiger partial charge in [-0.15, -0.1) is 0 Å². The first kappa shape index (κ1) is 11.1. The maximum Gasteiger partial charge on any atom is 0.268 e. The summed E-state index contributed by atoms with van der Waals surface area (Å²) in [5.41, 5.74) is 2.46. The maximum atomic E-state index is 11.3. The predicted molar refractivity (Wildman–Crippen MR) is 54.4 cm³/mol. The Bertz CT molecular complexity index is 357. The van der Waals surface area contributed by atoms with Crippen LogP contribution in [0.2, 0.25) is 0 Å². The van der Waals surface area contributed by atoms with Gasteiger partial charge in [0, 0.05) is 6.61 Å². The lowest BCUT2D eigenvalue weighted by Crippen LogP contribution is -2.30. The molecule has 0 bridgehead atoms. The summed E-state index contributed by atoms with van der Waals surface area (Å²) < 4.78 is 15.9. The van der Waals surface area contributed by atoms with Gasteiger partial charge in [0.25, 0.3) is 5.91 Å². The molecule has 1 aromatic rings. The summed E-state index contributed by atoms with van der Waals surface area (Å²) in [7, 11) is 0. The number of amides is 1. The minimum absolute atomic E-state index is 0.0823. The minimum Gasteiger partial charge on any atom is -0.466 e. The molecule has 6 nitrogen and oxygen atoms in total. The van der Waals surface area contributed by atoms with Crippen LogP contribution in [0.15, 0.2) is 16.7 Å². The van der Waals surface area contributed by atoms with Crippen LogP contribution in [0.25, 0.3) is 0 Å². The standard InChI is InChI=1S/C10H14N2O4/c11-12-10(13)8-2-4-15-9(8)6-16-7-1-3-14-5-7/h2,4,7H,1,3,5-6,11H2,(H,12,13). The van der Waals surface area contributed by atoms with Gasteiger partial charge >= 0.3 is 0 Å². The Labute approximate surface area is 92.7 Å². The van der Waals surface area contributed by atoms with Gasteiger partial charge in [0.05, 0.1) is 24.5 Å². The van der Waals surface area contributed by atoms with Crippen LogP contribution in [0.4, 0.5) is 0 Å². The van der Waals surface area contributed by atoms with Crippen LogP contribution in [0.5, 0.6) is 0 Å². The largest absolute Gasteiger partial charge is 0.466 e. The molecule has 3 N–H and O–H groups in total. The van der Waals surface area contributed by atoms with E-state index in [0.29, 0.717) is 17.9 Å². The third-order valence-corrected chi connectivity index (χ3v) is 2.46. The van der Waals surface area contributed by atoms with Crippen LogP contribution in [-0.2, 0) is 16.1 Å². The third kappa shape index (κ3) is 2.41. The third-order valence-electron chi connectivity index (χ3n) is 2.46. The normalized spacial score (nSPS) is 19.9. The molecule has 2 heterocycles. The van der Waals surface area contributed by atoms with Gasteiger partial charge in [-0.05, 0) is 12.5 Å². The number of furan rings is 1. The fraction of sp³-hybridized carbons (Fsp3) is 0.500. The second-order valence-electron chi connectivity index (χ2n) is 3.53. The molecule has 2 rings (SSSR count). The number of nitrogens with two attached hydrogens (primary N) is 1. The van der Waals surface area contributed by atoms with E-state index in [1.54, 1.807) is 6.07 Å². The zero-order chi connectivity index (χ0) is 11.4. The average Bonchev–Trinajstić information content (AvgIpc) is 2.96. The van der Waals surface area contributed by atoms with E-state index in [4.69, 9.17) is 19.7 Å². The number of rotatable bonds is 4. The van der Waals surface area contributed by atoms with Crippen molar-refractivity contribution in [2.24, 2.45) is 5.84 Å². The lowest BCUT2D eigenvalue weighted by atomic mass is 10.2. The maximum absolute atomic E-state index is 11.3. The Hall–Kier alpha value is -1.37. The van der Waals surface area contributed by atoms with Gasteiger partial charge in [0.15, 0.2) is 0 Å². The Morgan fingerprint density at radius 1 is 1.69 bits per heavy atom. The molecule has 1 unspecified atom stereocenters. The van der Waals surface area contributed by atoms with E-state index in [-0.39, 0.29) is 18.6 Å². The first-order valence-electron chi connectivity index (χ1n) is 5.08. The lowest BCUT2D eigenvalue weighted by Gasteiger charge is -2.08. The Morgan fingerprint density at radius 3 is 3.25 bits per heavy atom. The van der Waals surface area contributed by atoms with Crippen LogP contribution in [0.1, 0.15) is 22.5 Å². The van der Waals surface area contributed by atoms with Crippen molar-refractivity contribution in [2.45, 2.75) is 19.1 Å². The second kappa shape index (κ2) is 5.11. The van der Waals surface area contributed by atoms with Gasteiger partial charge in [-0.1, -0.05) is 0 Å². The van der Waals surface area contributed by atoms with Gasteiger partial charge < -0.3 is 13.9 Å². The number of hydrazine groups is 1. The molecule has 16 heavy (non-hydrogen) atoms. The molecule has 0 spiro atoms. The summed E-state index contributed by atoms with van der Waals surface area (Å²) in [5.74, 6) is 5.15. The summed E-state index contributed by atoms with van der Waals surface area (Å²) in [4.78, 5) is 11.3. The quantitative estimate of drug-likeness (QED) is 0.434. The first-order valence-corrected chi connectivity index (χ1v) is 5.08. The number of carbonyl (C=O) groups is 1. The predicted octanol–water partition coefficient (Wildman–Crippen LogP) is 0.189. The van der Waals surface area contributed by atoms with Crippen molar-refractivity contribution in [1.29, 1.82) is 0 Å². The number of nitrogen functional groups attached to an aromatic ring is 1. The number of ether oxygens (including phenoxy) is 2. The topological polar surface area (TPSA) is 86.7 Å². The van der Waals surface area contributed by atoms with Gasteiger partial charge in [-0.25, -0.2) is 5.84 Å². The van der Waals surface area contributed by atoms with Crippen molar-refractivity contribution in [3.63, 3.8) is 0 Å². The number of hydrogen-bond acceptors (Lipinski definition) is 5. The smallest absolute Gasteiger partial charge is 0.268 e. The monoisotopic (exact) mass is 226 g/mol. The molecule has 1 aromatic heterocycles. The first-order chi connectivity index (χ1) is 7.81. The van der Waals surface area contributed by atoms with Crippen LogP contribution in [0.3, 0.4) is 0 Å². The average molecular weight is 226 g/mol. The number of hydrogen-bond donors (Lipinski definition) is 2. The summed E-state index contributed by atoms with van der Waals surface area (Å²) in [5, 5.41) is 0. The highest BCUT2D eigenvalue weighted by Crippen LogP contribution is 2.15. The van der Waals surface area contributed by atoms with E-state index in [1.165, 1.54) is 6.26 Å². The second-order valence-corrected chi connectivity index (χ2v) is 3.53. The van der Waals surface area contributed by atoms with Crippen LogP contribution < -0.4 is 11.3 Å². The molecule has 1 fully saturated rings. The molecule has 1 atom stereocenters.